The minimum absolute atomic E-state index is 0.0624. The van der Waals surface area contributed by atoms with Crippen LogP contribution in [0, 0.1) is 0 Å². The molecule has 2 rings (SSSR count). The summed E-state index contributed by atoms with van der Waals surface area (Å²) in [5.41, 5.74) is 0.414. The summed E-state index contributed by atoms with van der Waals surface area (Å²) in [5.74, 6) is -2.46. The second kappa shape index (κ2) is 7.32. The van der Waals surface area contributed by atoms with E-state index in [1.807, 2.05) is 0 Å². The van der Waals surface area contributed by atoms with Crippen LogP contribution in [-0.2, 0) is 21.3 Å². The quantitative estimate of drug-likeness (QED) is 0.659. The van der Waals surface area contributed by atoms with Gasteiger partial charge >= 0.3 is 11.9 Å². The minimum atomic E-state index is -3.98. The van der Waals surface area contributed by atoms with Crippen molar-refractivity contribution in [1.82, 2.24) is 4.72 Å². The molecule has 0 saturated carbocycles. The van der Waals surface area contributed by atoms with E-state index in [1.165, 1.54) is 19.2 Å². The van der Waals surface area contributed by atoms with Crippen LogP contribution in [-0.4, -0.2) is 37.7 Å². The van der Waals surface area contributed by atoms with Gasteiger partial charge in [0.05, 0.1) is 17.6 Å². The number of esters is 1. The summed E-state index contributed by atoms with van der Waals surface area (Å²) in [6.45, 7) is -0.0624. The van der Waals surface area contributed by atoms with Crippen molar-refractivity contribution in [2.45, 2.75) is 11.4 Å². The van der Waals surface area contributed by atoms with E-state index in [1.54, 1.807) is 12.1 Å². The van der Waals surface area contributed by atoms with Crippen molar-refractivity contribution < 1.29 is 33.0 Å². The molecular weight excluding hydrogens is 350 g/mol. The molecule has 2 aromatic rings. The van der Waals surface area contributed by atoms with E-state index in [0.717, 1.165) is 18.2 Å². The Bertz CT molecular complexity index is 905. The van der Waals surface area contributed by atoms with Crippen molar-refractivity contribution >= 4 is 22.0 Å². The van der Waals surface area contributed by atoms with Gasteiger partial charge in [-0.3, -0.25) is 0 Å². The van der Waals surface area contributed by atoms with Crippen LogP contribution in [0.3, 0.4) is 0 Å². The first-order chi connectivity index (χ1) is 11.7. The maximum Gasteiger partial charge on any atom is 0.339 e. The fourth-order valence-corrected chi connectivity index (χ4v) is 3.04. The third kappa shape index (κ3) is 4.34. The molecule has 25 heavy (non-hydrogen) atoms. The molecule has 132 valence electrons. The monoisotopic (exact) mass is 365 g/mol. The predicted octanol–water partition coefficient (Wildman–Crippen LogP) is 1.36. The van der Waals surface area contributed by atoms with Crippen LogP contribution >= 0.6 is 0 Å². The Hall–Kier alpha value is -2.91. The van der Waals surface area contributed by atoms with Crippen molar-refractivity contribution in [2.75, 3.05) is 7.11 Å². The zero-order valence-electron chi connectivity index (χ0n) is 13.1. The number of carbonyl (C=O) groups is 2. The second-order valence-electron chi connectivity index (χ2n) is 5.00. The molecule has 0 heterocycles. The number of nitrogens with one attached hydrogen (secondary N) is 1. The highest BCUT2D eigenvalue weighted by Gasteiger charge is 2.18. The van der Waals surface area contributed by atoms with Gasteiger partial charge in [0, 0.05) is 6.54 Å². The van der Waals surface area contributed by atoms with Crippen molar-refractivity contribution in [1.29, 1.82) is 0 Å². The van der Waals surface area contributed by atoms with Crippen molar-refractivity contribution in [3.05, 3.63) is 59.2 Å². The number of rotatable bonds is 6. The van der Waals surface area contributed by atoms with Gasteiger partial charge in [-0.1, -0.05) is 12.1 Å². The molecule has 0 aliphatic rings. The Balaban J connectivity index is 2.15. The third-order valence-corrected chi connectivity index (χ3v) is 4.75. The zero-order chi connectivity index (χ0) is 18.6. The number of ether oxygens (including phenoxy) is 1. The van der Waals surface area contributed by atoms with Gasteiger partial charge in [0.25, 0.3) is 0 Å². The lowest BCUT2D eigenvalue weighted by Crippen LogP contribution is -2.23. The lowest BCUT2D eigenvalue weighted by molar-refractivity contribution is 0.0599. The Labute approximate surface area is 143 Å². The summed E-state index contributed by atoms with van der Waals surface area (Å²) >= 11 is 0. The molecule has 0 saturated heterocycles. The van der Waals surface area contributed by atoms with Crippen LogP contribution < -0.4 is 4.72 Å². The second-order valence-corrected chi connectivity index (χ2v) is 6.76. The highest BCUT2D eigenvalue weighted by molar-refractivity contribution is 7.89. The highest BCUT2D eigenvalue weighted by atomic mass is 32.2. The average Bonchev–Trinajstić information content (AvgIpc) is 2.59. The number of carboxylic acid groups (broad SMARTS) is 1. The summed E-state index contributed by atoms with van der Waals surface area (Å²) in [6.07, 6.45) is 0. The molecule has 0 aromatic heterocycles. The van der Waals surface area contributed by atoms with E-state index < -0.39 is 33.3 Å². The lowest BCUT2D eigenvalue weighted by Gasteiger charge is -2.09. The third-order valence-electron chi connectivity index (χ3n) is 3.35. The van der Waals surface area contributed by atoms with Gasteiger partial charge in [0.15, 0.2) is 0 Å². The molecular formula is C16H15NO7S. The SMILES string of the molecule is COC(=O)c1ccc(CNS(=O)(=O)c2ccc(O)c(C(=O)O)c2)cc1. The van der Waals surface area contributed by atoms with E-state index >= 15 is 0 Å². The van der Waals surface area contributed by atoms with Gasteiger partial charge in [0.1, 0.15) is 11.3 Å². The van der Waals surface area contributed by atoms with Crippen molar-refractivity contribution in [3.8, 4) is 5.75 Å². The van der Waals surface area contributed by atoms with Crippen LogP contribution in [0.1, 0.15) is 26.3 Å². The average molecular weight is 365 g/mol. The standard InChI is InChI=1S/C16H15NO7S/c1-24-16(21)11-4-2-10(3-5-11)9-17-25(22,23)12-6-7-14(18)13(8-12)15(19)20/h2-8,17-18H,9H2,1H3,(H,19,20). The molecule has 0 bridgehead atoms. The number of carbonyl (C=O) groups excluding carboxylic acids is 1. The number of hydrogen-bond donors (Lipinski definition) is 3. The smallest absolute Gasteiger partial charge is 0.339 e. The van der Waals surface area contributed by atoms with E-state index in [4.69, 9.17) is 5.11 Å². The van der Waals surface area contributed by atoms with Gasteiger partial charge < -0.3 is 14.9 Å². The van der Waals surface area contributed by atoms with Gasteiger partial charge in [-0.05, 0) is 35.9 Å². The summed E-state index contributed by atoms with van der Waals surface area (Å²) in [6, 6.07) is 9.10. The van der Waals surface area contributed by atoms with Gasteiger partial charge in [-0.25, -0.2) is 22.7 Å². The number of aromatic hydroxyl groups is 1. The number of hydrogen-bond acceptors (Lipinski definition) is 6. The van der Waals surface area contributed by atoms with Crippen LogP contribution in [0.15, 0.2) is 47.4 Å². The number of methoxy groups -OCH3 is 1. The summed E-state index contributed by atoms with van der Waals surface area (Å²) in [5, 5.41) is 18.4. The summed E-state index contributed by atoms with van der Waals surface area (Å²) in [4.78, 5) is 22.0. The zero-order valence-corrected chi connectivity index (χ0v) is 13.9. The summed E-state index contributed by atoms with van der Waals surface area (Å²) in [7, 11) is -2.72. The highest BCUT2D eigenvalue weighted by Crippen LogP contribution is 2.21. The molecule has 0 atom stereocenters. The number of benzene rings is 2. The van der Waals surface area contributed by atoms with Crippen molar-refractivity contribution in [3.63, 3.8) is 0 Å². The van der Waals surface area contributed by atoms with E-state index in [2.05, 4.69) is 9.46 Å². The predicted molar refractivity (Wildman–Crippen MR) is 86.9 cm³/mol. The van der Waals surface area contributed by atoms with Crippen LogP contribution in [0.25, 0.3) is 0 Å². The minimum Gasteiger partial charge on any atom is -0.507 e. The van der Waals surface area contributed by atoms with Crippen molar-refractivity contribution in [2.24, 2.45) is 0 Å². The van der Waals surface area contributed by atoms with Gasteiger partial charge in [-0.2, -0.15) is 0 Å². The molecule has 3 N–H and O–H groups in total. The maximum atomic E-state index is 12.3. The molecule has 2 aromatic carbocycles. The number of aromatic carboxylic acids is 1. The Morgan fingerprint density at radius 1 is 1.12 bits per heavy atom. The molecule has 0 aliphatic carbocycles. The van der Waals surface area contributed by atoms with Crippen LogP contribution in [0.5, 0.6) is 5.75 Å². The Kier molecular flexibility index (Phi) is 5.40. The molecule has 9 heteroatoms. The largest absolute Gasteiger partial charge is 0.507 e. The summed E-state index contributed by atoms with van der Waals surface area (Å²) < 4.78 is 31.4. The van der Waals surface area contributed by atoms with E-state index in [-0.39, 0.29) is 11.4 Å². The van der Waals surface area contributed by atoms with Crippen LogP contribution in [0.4, 0.5) is 0 Å². The molecule has 0 spiro atoms. The number of phenols is 1. The Morgan fingerprint density at radius 2 is 1.76 bits per heavy atom. The molecule has 0 aliphatic heterocycles. The fraction of sp³-hybridized carbons (Fsp3) is 0.125. The van der Waals surface area contributed by atoms with Gasteiger partial charge in [0.2, 0.25) is 10.0 Å². The normalized spacial score (nSPS) is 11.1. The lowest BCUT2D eigenvalue weighted by atomic mass is 10.1. The molecule has 0 fully saturated rings. The van der Waals surface area contributed by atoms with Crippen LogP contribution in [0.2, 0.25) is 0 Å². The van der Waals surface area contributed by atoms with Gasteiger partial charge in [-0.15, -0.1) is 0 Å². The topological polar surface area (TPSA) is 130 Å². The molecule has 0 unspecified atom stereocenters. The Morgan fingerprint density at radius 3 is 2.32 bits per heavy atom. The van der Waals surface area contributed by atoms with E-state index in [0.29, 0.717) is 11.1 Å². The first-order valence-corrected chi connectivity index (χ1v) is 8.46. The molecule has 8 nitrogen and oxygen atoms in total. The molecule has 0 radical (unpaired) electrons. The van der Waals surface area contributed by atoms with E-state index in [9.17, 15) is 23.1 Å². The number of carboxylic acids is 1. The maximum absolute atomic E-state index is 12.3. The fourth-order valence-electron chi connectivity index (χ4n) is 1.99. The first kappa shape index (κ1) is 18.4. The first-order valence-electron chi connectivity index (χ1n) is 6.98. The number of sulfonamides is 1. The molecule has 0 amide bonds.